The van der Waals surface area contributed by atoms with Gasteiger partial charge in [-0.15, -0.1) is 11.8 Å². The first-order chi connectivity index (χ1) is 12.7. The van der Waals surface area contributed by atoms with Gasteiger partial charge >= 0.3 is 0 Å². The first-order valence-corrected chi connectivity index (χ1v) is 9.79. The number of hydrogen-bond acceptors (Lipinski definition) is 6. The number of nitrogens with zero attached hydrogens (tertiary/aromatic N) is 1. The Balaban J connectivity index is 1.54. The molecule has 0 radical (unpaired) electrons. The summed E-state index contributed by atoms with van der Waals surface area (Å²) < 4.78 is 16.3. The van der Waals surface area contributed by atoms with E-state index in [1.54, 1.807) is 29.8 Å². The van der Waals surface area contributed by atoms with Crippen LogP contribution in [0.25, 0.3) is 0 Å². The molecule has 2 saturated heterocycles. The first kappa shape index (κ1) is 17.5. The highest BCUT2D eigenvalue weighted by Gasteiger charge is 2.50. The van der Waals surface area contributed by atoms with Crippen molar-refractivity contribution < 1.29 is 23.8 Å². The van der Waals surface area contributed by atoms with Crippen LogP contribution in [0.5, 0.6) is 11.5 Å². The minimum atomic E-state index is -0.484. The van der Waals surface area contributed by atoms with E-state index >= 15 is 0 Å². The van der Waals surface area contributed by atoms with E-state index in [4.69, 9.17) is 14.2 Å². The maximum Gasteiger partial charge on any atom is 0.260 e. The Kier molecular flexibility index (Phi) is 4.71. The van der Waals surface area contributed by atoms with E-state index in [1.807, 2.05) is 6.07 Å². The highest BCUT2D eigenvalue weighted by Crippen LogP contribution is 2.52. The summed E-state index contributed by atoms with van der Waals surface area (Å²) in [6, 6.07) is 3.21. The van der Waals surface area contributed by atoms with Crippen molar-refractivity contribution >= 4 is 23.6 Å². The van der Waals surface area contributed by atoms with Crippen molar-refractivity contribution in [3.8, 4) is 11.5 Å². The Morgan fingerprint density at radius 2 is 2.23 bits per heavy atom. The zero-order valence-electron chi connectivity index (χ0n) is 14.8. The number of fused-ring (bicyclic) bond motifs is 3. The van der Waals surface area contributed by atoms with Crippen LogP contribution in [0.2, 0.25) is 0 Å². The molecular formula is C18H22N2O5S. The number of benzene rings is 1. The van der Waals surface area contributed by atoms with Gasteiger partial charge in [0.05, 0.1) is 25.9 Å². The van der Waals surface area contributed by atoms with Crippen LogP contribution in [0.1, 0.15) is 34.1 Å². The average molecular weight is 378 g/mol. The summed E-state index contributed by atoms with van der Waals surface area (Å²) in [5.41, 5.74) is 1.38. The molecule has 1 N–H and O–H groups in total. The first-order valence-electron chi connectivity index (χ1n) is 8.74. The number of carbonyl (C=O) groups excluding carboxylic acids is 2. The average Bonchev–Trinajstić information content (AvgIpc) is 3.37. The van der Waals surface area contributed by atoms with Gasteiger partial charge in [-0.2, -0.15) is 0 Å². The summed E-state index contributed by atoms with van der Waals surface area (Å²) in [5.74, 6) is 1.24. The molecule has 0 bridgehead atoms. The molecule has 3 heterocycles. The van der Waals surface area contributed by atoms with E-state index in [0.717, 1.165) is 25.0 Å². The highest BCUT2D eigenvalue weighted by atomic mass is 32.2. The topological polar surface area (TPSA) is 77.1 Å². The molecule has 0 spiro atoms. The Hall–Kier alpha value is -1.93. The van der Waals surface area contributed by atoms with Crippen molar-refractivity contribution in [2.24, 2.45) is 0 Å². The lowest BCUT2D eigenvalue weighted by atomic mass is 10.1. The van der Waals surface area contributed by atoms with Crippen LogP contribution in [0.3, 0.4) is 0 Å². The molecule has 1 aromatic rings. The Morgan fingerprint density at radius 1 is 1.38 bits per heavy atom. The molecule has 3 aliphatic heterocycles. The molecule has 0 aromatic heterocycles. The Morgan fingerprint density at radius 3 is 2.92 bits per heavy atom. The summed E-state index contributed by atoms with van der Waals surface area (Å²) in [6.45, 7) is 1.25. The van der Waals surface area contributed by atoms with Gasteiger partial charge in [0.25, 0.3) is 5.91 Å². The summed E-state index contributed by atoms with van der Waals surface area (Å²) in [6.07, 6.45) is 2.08. The number of amides is 2. The lowest BCUT2D eigenvalue weighted by molar-refractivity contribution is -0.125. The normalized spacial score (nSPS) is 26.6. The molecule has 2 amide bonds. The van der Waals surface area contributed by atoms with Crippen LogP contribution >= 0.6 is 11.8 Å². The van der Waals surface area contributed by atoms with E-state index in [2.05, 4.69) is 5.32 Å². The SMILES string of the molecule is COc1ccc2c(c1OC)C(=O)N1[C@@H](C(=O)NC[C@@H]3CCCO3)CS[C@H]21. The third-order valence-electron chi connectivity index (χ3n) is 5.12. The number of nitrogens with one attached hydrogen (secondary N) is 1. The van der Waals surface area contributed by atoms with Crippen LogP contribution in [0, 0.1) is 0 Å². The number of thioether (sulfide) groups is 1. The van der Waals surface area contributed by atoms with Crippen LogP contribution < -0.4 is 14.8 Å². The Labute approximate surface area is 156 Å². The highest BCUT2D eigenvalue weighted by molar-refractivity contribution is 7.99. The van der Waals surface area contributed by atoms with Crippen LogP contribution in [-0.4, -0.2) is 62.0 Å². The second-order valence-electron chi connectivity index (χ2n) is 6.56. The monoisotopic (exact) mass is 378 g/mol. The van der Waals surface area contributed by atoms with Gasteiger partial charge in [-0.1, -0.05) is 6.07 Å². The molecule has 0 saturated carbocycles. The fourth-order valence-electron chi connectivity index (χ4n) is 3.83. The van der Waals surface area contributed by atoms with Crippen LogP contribution in [0.15, 0.2) is 12.1 Å². The maximum absolute atomic E-state index is 13.1. The smallest absolute Gasteiger partial charge is 0.260 e. The zero-order chi connectivity index (χ0) is 18.3. The largest absolute Gasteiger partial charge is 0.493 e. The van der Waals surface area contributed by atoms with E-state index in [1.165, 1.54) is 7.11 Å². The fraction of sp³-hybridized carbons (Fsp3) is 0.556. The lowest BCUT2D eigenvalue weighted by Crippen LogP contribution is -2.47. The molecule has 0 unspecified atom stereocenters. The molecule has 26 heavy (non-hydrogen) atoms. The van der Waals surface area contributed by atoms with E-state index in [9.17, 15) is 9.59 Å². The Bertz CT molecular complexity index is 735. The van der Waals surface area contributed by atoms with Gasteiger partial charge in [-0.3, -0.25) is 9.59 Å². The zero-order valence-corrected chi connectivity index (χ0v) is 15.6. The summed E-state index contributed by atoms with van der Waals surface area (Å²) in [4.78, 5) is 27.4. The molecule has 7 nitrogen and oxygen atoms in total. The number of methoxy groups -OCH3 is 2. The van der Waals surface area contributed by atoms with E-state index in [0.29, 0.717) is 29.4 Å². The van der Waals surface area contributed by atoms with E-state index in [-0.39, 0.29) is 23.3 Å². The minimum absolute atomic E-state index is 0.0830. The second kappa shape index (κ2) is 7.00. The van der Waals surface area contributed by atoms with Gasteiger partial charge in [0.1, 0.15) is 11.4 Å². The summed E-state index contributed by atoms with van der Waals surface area (Å²) in [5, 5.41) is 2.79. The number of rotatable bonds is 5. The van der Waals surface area contributed by atoms with Gasteiger partial charge < -0.3 is 24.4 Å². The minimum Gasteiger partial charge on any atom is -0.493 e. The van der Waals surface area contributed by atoms with Gasteiger partial charge in [0.15, 0.2) is 11.5 Å². The van der Waals surface area contributed by atoms with Gasteiger partial charge in [-0.05, 0) is 18.9 Å². The number of hydrogen-bond donors (Lipinski definition) is 1. The number of ether oxygens (including phenoxy) is 3. The predicted octanol–water partition coefficient (Wildman–Crippen LogP) is 1.57. The van der Waals surface area contributed by atoms with Crippen LogP contribution in [0.4, 0.5) is 0 Å². The maximum atomic E-state index is 13.1. The lowest BCUT2D eigenvalue weighted by Gasteiger charge is -2.23. The molecule has 4 rings (SSSR count). The molecule has 0 aliphatic carbocycles. The molecule has 3 atom stereocenters. The molecule has 1 aromatic carbocycles. The second-order valence-corrected chi connectivity index (χ2v) is 7.67. The quantitative estimate of drug-likeness (QED) is 0.838. The van der Waals surface area contributed by atoms with Crippen molar-refractivity contribution in [2.45, 2.75) is 30.4 Å². The molecular weight excluding hydrogens is 356 g/mol. The molecule has 140 valence electrons. The van der Waals surface area contributed by atoms with Crippen molar-refractivity contribution in [1.29, 1.82) is 0 Å². The third-order valence-corrected chi connectivity index (χ3v) is 6.43. The molecule has 8 heteroatoms. The standard InChI is InChI=1S/C18H22N2O5S/c1-23-13-6-5-11-14(15(13)24-2)17(22)20-12(9-26-18(11)20)16(21)19-8-10-4-3-7-25-10/h5-6,10,12,18H,3-4,7-9H2,1-2H3,(H,19,21)/t10-,12+,18+/m0/s1. The predicted molar refractivity (Wildman–Crippen MR) is 96.7 cm³/mol. The van der Waals surface area contributed by atoms with Gasteiger partial charge in [0, 0.05) is 24.5 Å². The van der Waals surface area contributed by atoms with Crippen molar-refractivity contribution in [2.75, 3.05) is 33.1 Å². The molecule has 3 aliphatic rings. The van der Waals surface area contributed by atoms with Crippen molar-refractivity contribution in [1.82, 2.24) is 10.2 Å². The molecule has 2 fully saturated rings. The third kappa shape index (κ3) is 2.72. The van der Waals surface area contributed by atoms with Crippen molar-refractivity contribution in [3.05, 3.63) is 23.3 Å². The van der Waals surface area contributed by atoms with Crippen LogP contribution in [-0.2, 0) is 9.53 Å². The number of carbonyl (C=O) groups is 2. The fourth-order valence-corrected chi connectivity index (χ4v) is 5.29. The summed E-state index contributed by atoms with van der Waals surface area (Å²) >= 11 is 1.60. The van der Waals surface area contributed by atoms with Crippen molar-refractivity contribution in [3.63, 3.8) is 0 Å². The van der Waals surface area contributed by atoms with Gasteiger partial charge in [-0.25, -0.2) is 0 Å². The van der Waals surface area contributed by atoms with Gasteiger partial charge in [0.2, 0.25) is 5.91 Å². The summed E-state index contributed by atoms with van der Waals surface area (Å²) in [7, 11) is 3.06. The van der Waals surface area contributed by atoms with E-state index < -0.39 is 6.04 Å².